The van der Waals surface area contributed by atoms with E-state index in [-0.39, 0.29) is 25.0 Å². The van der Waals surface area contributed by atoms with E-state index in [0.717, 1.165) is 19.5 Å². The summed E-state index contributed by atoms with van der Waals surface area (Å²) in [6.07, 6.45) is 5.95. The van der Waals surface area contributed by atoms with Gasteiger partial charge in [-0.15, -0.1) is 6.58 Å². The van der Waals surface area contributed by atoms with Gasteiger partial charge in [0.15, 0.2) is 0 Å². The Balaban J connectivity index is 1.59. The molecule has 206 valence electrons. The third-order valence-electron chi connectivity index (χ3n) is 8.16. The SMILES string of the molecule is C=CCOC(=O)[C@@H]1[C@@H]2CCC3(O2)C(C(=O)N(CC=C)CCN2CCOCC2)N(CCCCCO)C(=O)[C@H]13. The Labute approximate surface area is 219 Å². The number of rotatable bonds is 14. The summed E-state index contributed by atoms with van der Waals surface area (Å²) in [6.45, 7) is 12.5. The molecule has 0 aromatic heterocycles. The van der Waals surface area contributed by atoms with Gasteiger partial charge in [-0.3, -0.25) is 19.3 Å². The van der Waals surface area contributed by atoms with Crippen LogP contribution in [-0.4, -0.2) is 121 Å². The standard InChI is InChI=1S/C27H41N3O7/c1-3-10-29(13-12-28-14-18-35-19-15-28)25(33)23-27-9-8-20(37-27)21(26(34)36-17-4-2)22(27)24(32)30(23)11-6-5-7-16-31/h3-4,20-23,31H,1-2,5-19H2/t20-,21+,22-,23?,27?/m0/s1. The second-order valence-electron chi connectivity index (χ2n) is 10.3. The second-order valence-corrected chi connectivity index (χ2v) is 10.3. The molecule has 0 aliphatic carbocycles. The number of hydrogen-bond donors (Lipinski definition) is 1. The number of likely N-dealkylation sites (tertiary alicyclic amines) is 1. The number of fused-ring (bicyclic) bond motifs is 1. The smallest absolute Gasteiger partial charge is 0.312 e. The molecule has 37 heavy (non-hydrogen) atoms. The van der Waals surface area contributed by atoms with Gasteiger partial charge in [0.1, 0.15) is 18.2 Å². The van der Waals surface area contributed by atoms with E-state index < -0.39 is 35.6 Å². The van der Waals surface area contributed by atoms with Gasteiger partial charge in [-0.1, -0.05) is 18.7 Å². The first-order valence-electron chi connectivity index (χ1n) is 13.5. The molecule has 4 heterocycles. The maximum Gasteiger partial charge on any atom is 0.312 e. The molecule has 5 atom stereocenters. The molecule has 4 aliphatic heterocycles. The van der Waals surface area contributed by atoms with Crippen molar-refractivity contribution in [2.24, 2.45) is 11.8 Å². The first kappa shape index (κ1) is 27.8. The van der Waals surface area contributed by atoms with Crippen LogP contribution in [0.2, 0.25) is 0 Å². The number of morpholine rings is 1. The molecule has 2 bridgehead atoms. The monoisotopic (exact) mass is 519 g/mol. The maximum absolute atomic E-state index is 14.2. The highest BCUT2D eigenvalue weighted by Gasteiger charge is 2.75. The summed E-state index contributed by atoms with van der Waals surface area (Å²) in [5.74, 6) is -2.29. The molecule has 2 unspecified atom stereocenters. The average molecular weight is 520 g/mol. The van der Waals surface area contributed by atoms with Gasteiger partial charge in [-0.05, 0) is 32.1 Å². The molecular weight excluding hydrogens is 478 g/mol. The third kappa shape index (κ3) is 5.48. The van der Waals surface area contributed by atoms with Crippen molar-refractivity contribution in [1.29, 1.82) is 0 Å². The van der Waals surface area contributed by atoms with Gasteiger partial charge in [0, 0.05) is 45.9 Å². The van der Waals surface area contributed by atoms with Crippen molar-refractivity contribution in [3.8, 4) is 0 Å². The molecule has 10 heteroatoms. The molecule has 10 nitrogen and oxygen atoms in total. The Hall–Kier alpha value is -2.27. The number of hydrogen-bond acceptors (Lipinski definition) is 8. The van der Waals surface area contributed by atoms with Crippen molar-refractivity contribution in [3.63, 3.8) is 0 Å². The second kappa shape index (κ2) is 12.5. The average Bonchev–Trinajstić information content (AvgIpc) is 3.55. The lowest BCUT2D eigenvalue weighted by molar-refractivity contribution is -0.154. The normalized spacial score (nSPS) is 30.8. The van der Waals surface area contributed by atoms with Crippen molar-refractivity contribution >= 4 is 17.8 Å². The summed E-state index contributed by atoms with van der Waals surface area (Å²) in [5, 5.41) is 9.19. The van der Waals surface area contributed by atoms with Gasteiger partial charge < -0.3 is 29.1 Å². The van der Waals surface area contributed by atoms with Crippen LogP contribution in [0.15, 0.2) is 25.3 Å². The molecule has 4 saturated heterocycles. The van der Waals surface area contributed by atoms with Crippen LogP contribution in [0, 0.1) is 11.8 Å². The summed E-state index contributed by atoms with van der Waals surface area (Å²) in [5.41, 5.74) is -1.04. The van der Waals surface area contributed by atoms with Crippen LogP contribution in [0.25, 0.3) is 0 Å². The van der Waals surface area contributed by atoms with E-state index in [1.165, 1.54) is 6.08 Å². The molecule has 0 aromatic rings. The quantitative estimate of drug-likeness (QED) is 0.202. The van der Waals surface area contributed by atoms with Gasteiger partial charge in [0.05, 0.1) is 31.2 Å². The third-order valence-corrected chi connectivity index (χ3v) is 8.16. The topological polar surface area (TPSA) is 109 Å². The first-order valence-corrected chi connectivity index (χ1v) is 13.5. The number of esters is 1. The van der Waals surface area contributed by atoms with Crippen LogP contribution in [0.4, 0.5) is 0 Å². The molecule has 0 saturated carbocycles. The predicted octanol–water partition coefficient (Wildman–Crippen LogP) is 0.600. The van der Waals surface area contributed by atoms with Gasteiger partial charge >= 0.3 is 5.97 Å². The van der Waals surface area contributed by atoms with E-state index in [9.17, 15) is 19.5 Å². The molecular formula is C27H41N3O7. The van der Waals surface area contributed by atoms with E-state index in [1.807, 2.05) is 0 Å². The summed E-state index contributed by atoms with van der Waals surface area (Å²) in [4.78, 5) is 46.8. The molecule has 1 spiro atoms. The molecule has 4 fully saturated rings. The van der Waals surface area contributed by atoms with Crippen molar-refractivity contribution in [2.45, 2.75) is 49.9 Å². The predicted molar refractivity (Wildman–Crippen MR) is 135 cm³/mol. The largest absolute Gasteiger partial charge is 0.461 e. The number of aliphatic hydroxyl groups is 1. The fourth-order valence-electron chi connectivity index (χ4n) is 6.46. The Kier molecular flexibility index (Phi) is 9.39. The number of nitrogens with zero attached hydrogens (tertiary/aromatic N) is 3. The summed E-state index contributed by atoms with van der Waals surface area (Å²) < 4.78 is 17.2. The zero-order valence-electron chi connectivity index (χ0n) is 21.7. The van der Waals surface area contributed by atoms with E-state index in [0.29, 0.717) is 65.1 Å². The van der Waals surface area contributed by atoms with Gasteiger partial charge in [-0.2, -0.15) is 0 Å². The van der Waals surface area contributed by atoms with E-state index in [2.05, 4.69) is 18.1 Å². The lowest BCUT2D eigenvalue weighted by Gasteiger charge is -2.37. The van der Waals surface area contributed by atoms with Crippen LogP contribution < -0.4 is 0 Å². The minimum atomic E-state index is -1.04. The molecule has 2 amide bonds. The highest BCUT2D eigenvalue weighted by atomic mass is 16.6. The van der Waals surface area contributed by atoms with E-state index in [1.54, 1.807) is 15.9 Å². The zero-order valence-corrected chi connectivity index (χ0v) is 21.7. The van der Waals surface area contributed by atoms with Crippen LogP contribution in [0.3, 0.4) is 0 Å². The fraction of sp³-hybridized carbons (Fsp3) is 0.741. The van der Waals surface area contributed by atoms with E-state index >= 15 is 0 Å². The summed E-state index contributed by atoms with van der Waals surface area (Å²) >= 11 is 0. The summed E-state index contributed by atoms with van der Waals surface area (Å²) in [6, 6.07) is -0.800. The number of unbranched alkanes of at least 4 members (excludes halogenated alkanes) is 2. The minimum Gasteiger partial charge on any atom is -0.461 e. The first-order chi connectivity index (χ1) is 18.0. The fourth-order valence-corrected chi connectivity index (χ4v) is 6.46. The Morgan fingerprint density at radius 1 is 1.16 bits per heavy atom. The molecule has 1 N–H and O–H groups in total. The number of amides is 2. The Morgan fingerprint density at radius 2 is 1.95 bits per heavy atom. The molecule has 4 rings (SSSR count). The van der Waals surface area contributed by atoms with Crippen LogP contribution in [0.5, 0.6) is 0 Å². The maximum atomic E-state index is 14.2. The lowest BCUT2D eigenvalue weighted by Crippen LogP contribution is -2.57. The molecule has 0 radical (unpaired) electrons. The van der Waals surface area contributed by atoms with Crippen LogP contribution in [0.1, 0.15) is 32.1 Å². The van der Waals surface area contributed by atoms with E-state index in [4.69, 9.17) is 14.2 Å². The molecule has 4 aliphatic rings. The minimum absolute atomic E-state index is 0.0673. The van der Waals surface area contributed by atoms with Gasteiger partial charge in [0.2, 0.25) is 11.8 Å². The highest BCUT2D eigenvalue weighted by molar-refractivity contribution is 5.98. The highest BCUT2D eigenvalue weighted by Crippen LogP contribution is 2.58. The Bertz CT molecular complexity index is 861. The van der Waals surface area contributed by atoms with Crippen molar-refractivity contribution < 1.29 is 33.7 Å². The number of aliphatic hydroxyl groups excluding tert-OH is 1. The number of ether oxygens (including phenoxy) is 3. The van der Waals surface area contributed by atoms with Crippen molar-refractivity contribution in [3.05, 3.63) is 25.3 Å². The lowest BCUT2D eigenvalue weighted by atomic mass is 9.70. The Morgan fingerprint density at radius 3 is 2.65 bits per heavy atom. The van der Waals surface area contributed by atoms with Crippen LogP contribution in [-0.2, 0) is 28.6 Å². The number of carbonyl (C=O) groups is 3. The summed E-state index contributed by atoms with van der Waals surface area (Å²) in [7, 11) is 0. The van der Waals surface area contributed by atoms with Crippen molar-refractivity contribution in [1.82, 2.24) is 14.7 Å². The van der Waals surface area contributed by atoms with Gasteiger partial charge in [0.25, 0.3) is 0 Å². The zero-order chi connectivity index (χ0) is 26.4. The van der Waals surface area contributed by atoms with Crippen molar-refractivity contribution in [2.75, 3.05) is 65.7 Å². The molecule has 0 aromatic carbocycles. The van der Waals surface area contributed by atoms with Gasteiger partial charge in [-0.25, -0.2) is 0 Å². The van der Waals surface area contributed by atoms with Crippen LogP contribution >= 0.6 is 0 Å². The number of carbonyl (C=O) groups excluding carboxylic acids is 3.